The van der Waals surface area contributed by atoms with Crippen LogP contribution in [0.15, 0.2) is 33.9 Å². The molecule has 3 aromatic rings. The maximum atomic E-state index is 12.6. The normalized spacial score (nSPS) is 12.2. The molecule has 0 aliphatic heterocycles. The third-order valence-corrected chi connectivity index (χ3v) is 2.85. The van der Waals surface area contributed by atoms with Crippen molar-refractivity contribution in [1.82, 2.24) is 15.0 Å². The van der Waals surface area contributed by atoms with Gasteiger partial charge in [0, 0.05) is 5.39 Å². The van der Waals surface area contributed by atoms with E-state index in [1.165, 1.54) is 12.1 Å². The van der Waals surface area contributed by atoms with E-state index in [0.717, 1.165) is 12.1 Å². The van der Waals surface area contributed by atoms with Gasteiger partial charge in [-0.2, -0.15) is 13.2 Å². The van der Waals surface area contributed by atoms with Crippen molar-refractivity contribution in [3.8, 4) is 0 Å². The molecule has 0 atom stereocenters. The molecule has 0 aliphatic rings. The van der Waals surface area contributed by atoms with Crippen molar-refractivity contribution in [2.45, 2.75) is 6.18 Å². The maximum Gasteiger partial charge on any atom is 0.416 e. The summed E-state index contributed by atoms with van der Waals surface area (Å²) in [7, 11) is 0. The molecule has 0 saturated carbocycles. The van der Waals surface area contributed by atoms with Crippen LogP contribution in [0, 0.1) is 0 Å². The number of pyridine rings is 1. The van der Waals surface area contributed by atoms with Crippen molar-refractivity contribution < 1.29 is 13.2 Å². The molecule has 20 heavy (non-hydrogen) atoms. The second kappa shape index (κ2) is 3.92. The van der Waals surface area contributed by atoms with Crippen LogP contribution >= 0.6 is 0 Å². The molecule has 8 heteroatoms. The summed E-state index contributed by atoms with van der Waals surface area (Å²) in [6.45, 7) is 0. The lowest BCUT2D eigenvalue weighted by Gasteiger charge is -2.07. The van der Waals surface area contributed by atoms with Crippen LogP contribution < -0.4 is 11.2 Å². The fourth-order valence-electron chi connectivity index (χ4n) is 1.92. The Bertz CT molecular complexity index is 940. The highest BCUT2D eigenvalue weighted by Crippen LogP contribution is 2.31. The van der Waals surface area contributed by atoms with Crippen LogP contribution in [0.4, 0.5) is 13.2 Å². The molecule has 2 aromatic heterocycles. The molecule has 0 spiro atoms. The monoisotopic (exact) mass is 281 g/mol. The van der Waals surface area contributed by atoms with E-state index >= 15 is 0 Å². The number of rotatable bonds is 0. The first-order valence-electron chi connectivity index (χ1n) is 5.49. The summed E-state index contributed by atoms with van der Waals surface area (Å²) in [5.41, 5.74) is -2.25. The second-order valence-corrected chi connectivity index (χ2v) is 4.20. The minimum Gasteiger partial charge on any atom is -0.291 e. The summed E-state index contributed by atoms with van der Waals surface area (Å²) in [5.74, 6) is 0. The number of aromatic nitrogens is 3. The highest BCUT2D eigenvalue weighted by atomic mass is 19.4. The molecule has 5 nitrogen and oxygen atoms in total. The molecule has 0 amide bonds. The minimum absolute atomic E-state index is 0.0496. The Balaban J connectivity index is 2.40. The third-order valence-electron chi connectivity index (χ3n) is 2.85. The van der Waals surface area contributed by atoms with Gasteiger partial charge in [-0.1, -0.05) is 6.07 Å². The number of halogens is 3. The van der Waals surface area contributed by atoms with E-state index in [1.54, 1.807) is 0 Å². The Morgan fingerprint density at radius 3 is 2.50 bits per heavy atom. The highest BCUT2D eigenvalue weighted by Gasteiger charge is 2.30. The Kier molecular flexibility index (Phi) is 2.43. The topological polar surface area (TPSA) is 78.6 Å². The van der Waals surface area contributed by atoms with E-state index in [0.29, 0.717) is 5.39 Å². The average Bonchev–Trinajstić information content (AvgIpc) is 2.35. The zero-order valence-corrected chi connectivity index (χ0v) is 9.71. The zero-order chi connectivity index (χ0) is 14.5. The second-order valence-electron chi connectivity index (χ2n) is 4.20. The van der Waals surface area contributed by atoms with E-state index in [9.17, 15) is 22.8 Å². The number of fused-ring (bicyclic) bond motifs is 2. The van der Waals surface area contributed by atoms with Gasteiger partial charge >= 0.3 is 11.9 Å². The fourth-order valence-corrected chi connectivity index (χ4v) is 1.92. The van der Waals surface area contributed by atoms with Crippen molar-refractivity contribution >= 4 is 21.9 Å². The van der Waals surface area contributed by atoms with E-state index < -0.39 is 23.0 Å². The Morgan fingerprint density at radius 2 is 1.80 bits per heavy atom. The number of hydrogen-bond donors (Lipinski definition) is 2. The van der Waals surface area contributed by atoms with Gasteiger partial charge < -0.3 is 0 Å². The standard InChI is InChI=1S/C12H6F3N3O2/c13-12(14,15)6-2-1-5-3-7-9(16-8(5)4-6)17-11(20)18-10(7)19/h1-4H,(H2,16,17,18,19,20). The summed E-state index contributed by atoms with van der Waals surface area (Å²) in [5, 5.41) is 0.486. The first-order chi connectivity index (χ1) is 9.34. The Hall–Kier alpha value is -2.64. The van der Waals surface area contributed by atoms with Crippen LogP contribution in [0.3, 0.4) is 0 Å². The van der Waals surface area contributed by atoms with Gasteiger partial charge in [-0.25, -0.2) is 9.78 Å². The zero-order valence-electron chi connectivity index (χ0n) is 9.71. The van der Waals surface area contributed by atoms with Gasteiger partial charge in [0.05, 0.1) is 16.5 Å². The van der Waals surface area contributed by atoms with Crippen LogP contribution in [-0.4, -0.2) is 15.0 Å². The van der Waals surface area contributed by atoms with E-state index in [-0.39, 0.29) is 16.6 Å². The quantitative estimate of drug-likeness (QED) is 0.616. The van der Waals surface area contributed by atoms with Crippen molar-refractivity contribution in [3.63, 3.8) is 0 Å². The van der Waals surface area contributed by atoms with Crippen molar-refractivity contribution in [1.29, 1.82) is 0 Å². The lowest BCUT2D eigenvalue weighted by Crippen LogP contribution is -2.22. The van der Waals surface area contributed by atoms with Gasteiger partial charge in [0.1, 0.15) is 5.65 Å². The number of aromatic amines is 2. The number of nitrogens with zero attached hydrogens (tertiary/aromatic N) is 1. The summed E-state index contributed by atoms with van der Waals surface area (Å²) in [4.78, 5) is 30.9. The lowest BCUT2D eigenvalue weighted by atomic mass is 10.1. The maximum absolute atomic E-state index is 12.6. The van der Waals surface area contributed by atoms with Gasteiger partial charge in [-0.05, 0) is 18.2 Å². The molecule has 2 N–H and O–H groups in total. The van der Waals surface area contributed by atoms with Crippen molar-refractivity contribution in [2.75, 3.05) is 0 Å². The summed E-state index contributed by atoms with van der Waals surface area (Å²) >= 11 is 0. The number of H-pyrrole nitrogens is 2. The van der Waals surface area contributed by atoms with Gasteiger partial charge in [0.25, 0.3) is 5.56 Å². The van der Waals surface area contributed by atoms with E-state index in [1.807, 2.05) is 4.98 Å². The van der Waals surface area contributed by atoms with E-state index in [2.05, 4.69) is 9.97 Å². The van der Waals surface area contributed by atoms with E-state index in [4.69, 9.17) is 0 Å². The lowest BCUT2D eigenvalue weighted by molar-refractivity contribution is -0.137. The van der Waals surface area contributed by atoms with Gasteiger partial charge in [-0.3, -0.25) is 14.8 Å². The molecule has 0 saturated heterocycles. The molecule has 3 rings (SSSR count). The first-order valence-corrected chi connectivity index (χ1v) is 5.49. The molecule has 102 valence electrons. The highest BCUT2D eigenvalue weighted by molar-refractivity contribution is 5.90. The molecule has 0 radical (unpaired) electrons. The van der Waals surface area contributed by atoms with Gasteiger partial charge in [0.15, 0.2) is 0 Å². The summed E-state index contributed by atoms with van der Waals surface area (Å²) < 4.78 is 37.9. The van der Waals surface area contributed by atoms with Crippen molar-refractivity contribution in [2.24, 2.45) is 0 Å². The molecule has 0 bridgehead atoms. The molecule has 0 unspecified atom stereocenters. The van der Waals surface area contributed by atoms with Gasteiger partial charge in [-0.15, -0.1) is 0 Å². The molecule has 0 fully saturated rings. The predicted molar refractivity (Wildman–Crippen MR) is 65.5 cm³/mol. The third kappa shape index (κ3) is 1.94. The Morgan fingerprint density at radius 1 is 1.05 bits per heavy atom. The first kappa shape index (κ1) is 12.4. The largest absolute Gasteiger partial charge is 0.416 e. The number of benzene rings is 1. The minimum atomic E-state index is -4.48. The average molecular weight is 281 g/mol. The summed E-state index contributed by atoms with van der Waals surface area (Å²) in [6.07, 6.45) is -4.48. The molecular weight excluding hydrogens is 275 g/mol. The summed E-state index contributed by atoms with van der Waals surface area (Å²) in [6, 6.07) is 4.39. The SMILES string of the molecule is O=c1[nH]c(=O)c2cc3ccc(C(F)(F)F)cc3nc2[nH]1. The van der Waals surface area contributed by atoms with Crippen LogP contribution in [0.25, 0.3) is 21.9 Å². The van der Waals surface area contributed by atoms with Crippen LogP contribution in [-0.2, 0) is 6.18 Å². The molecular formula is C12H6F3N3O2. The van der Waals surface area contributed by atoms with Crippen LogP contribution in [0.2, 0.25) is 0 Å². The molecule has 0 aliphatic carbocycles. The molecule has 2 heterocycles. The molecule has 1 aromatic carbocycles. The number of hydrogen-bond acceptors (Lipinski definition) is 3. The number of alkyl halides is 3. The number of nitrogens with one attached hydrogen (secondary N) is 2. The van der Waals surface area contributed by atoms with Gasteiger partial charge in [0.2, 0.25) is 0 Å². The van der Waals surface area contributed by atoms with Crippen molar-refractivity contribution in [3.05, 3.63) is 50.7 Å². The van der Waals surface area contributed by atoms with Crippen LogP contribution in [0.5, 0.6) is 0 Å². The Labute approximate surface area is 108 Å². The fraction of sp³-hybridized carbons (Fsp3) is 0.0833. The smallest absolute Gasteiger partial charge is 0.291 e. The van der Waals surface area contributed by atoms with Crippen LogP contribution in [0.1, 0.15) is 5.56 Å². The predicted octanol–water partition coefficient (Wildman–Crippen LogP) is 1.78.